The fourth-order valence-corrected chi connectivity index (χ4v) is 4.35. The Morgan fingerprint density at radius 2 is 1.81 bits per heavy atom. The maximum atomic E-state index is 13.4. The molecule has 3 aromatic rings. The number of fused-ring (bicyclic) bond motifs is 1. The lowest BCUT2D eigenvalue weighted by molar-refractivity contribution is 0.0985. The van der Waals surface area contributed by atoms with Crippen LogP contribution >= 0.6 is 23.2 Å². The van der Waals surface area contributed by atoms with E-state index in [1.807, 2.05) is 19.1 Å². The van der Waals surface area contributed by atoms with Gasteiger partial charge in [0.15, 0.2) is 0 Å². The van der Waals surface area contributed by atoms with Crippen molar-refractivity contribution in [1.29, 1.82) is 0 Å². The van der Waals surface area contributed by atoms with Crippen LogP contribution in [0.1, 0.15) is 50.8 Å². The zero-order chi connectivity index (χ0) is 22.8. The van der Waals surface area contributed by atoms with Crippen molar-refractivity contribution in [3.05, 3.63) is 93.0 Å². The molecule has 0 fully saturated rings. The number of nitrogens with one attached hydrogen (secondary N) is 1. The topological polar surface area (TPSA) is 69.6 Å². The van der Waals surface area contributed by atoms with Gasteiger partial charge in [-0.05, 0) is 67.8 Å². The van der Waals surface area contributed by atoms with Gasteiger partial charge in [0.2, 0.25) is 0 Å². The maximum Gasteiger partial charge on any atom is 0.259 e. The van der Waals surface area contributed by atoms with E-state index in [4.69, 9.17) is 23.2 Å². The molecule has 0 spiro atoms. The van der Waals surface area contributed by atoms with Crippen molar-refractivity contribution in [3.63, 3.8) is 0 Å². The SMILES string of the molecule is Cc1ccccc1C(=O)Nc1ccc(C(=O)N2CCCC(O)c3cc(Cl)ccc32)c(Cl)c1. The van der Waals surface area contributed by atoms with Gasteiger partial charge < -0.3 is 15.3 Å². The molecule has 1 unspecified atom stereocenters. The van der Waals surface area contributed by atoms with E-state index >= 15 is 0 Å². The molecule has 0 aliphatic carbocycles. The number of carbonyl (C=O) groups is 2. The van der Waals surface area contributed by atoms with Gasteiger partial charge in [0.1, 0.15) is 0 Å². The number of halogens is 2. The van der Waals surface area contributed by atoms with Crippen LogP contribution in [0.2, 0.25) is 10.0 Å². The Balaban J connectivity index is 1.60. The van der Waals surface area contributed by atoms with Gasteiger partial charge in [0.25, 0.3) is 11.8 Å². The molecule has 1 heterocycles. The van der Waals surface area contributed by atoms with Gasteiger partial charge in [-0.3, -0.25) is 9.59 Å². The van der Waals surface area contributed by atoms with Crippen LogP contribution in [-0.4, -0.2) is 23.5 Å². The minimum atomic E-state index is -0.684. The lowest BCUT2D eigenvalue weighted by Gasteiger charge is -2.24. The molecule has 0 saturated heterocycles. The summed E-state index contributed by atoms with van der Waals surface area (Å²) in [6, 6.07) is 17.3. The van der Waals surface area contributed by atoms with E-state index in [0.29, 0.717) is 52.5 Å². The van der Waals surface area contributed by atoms with E-state index in [9.17, 15) is 14.7 Å². The summed E-state index contributed by atoms with van der Waals surface area (Å²) in [6.45, 7) is 2.32. The van der Waals surface area contributed by atoms with Crippen molar-refractivity contribution < 1.29 is 14.7 Å². The van der Waals surface area contributed by atoms with Gasteiger partial charge in [-0.2, -0.15) is 0 Å². The zero-order valence-electron chi connectivity index (χ0n) is 17.4. The van der Waals surface area contributed by atoms with Crippen LogP contribution in [0, 0.1) is 6.92 Å². The van der Waals surface area contributed by atoms with Crippen LogP contribution < -0.4 is 10.2 Å². The van der Waals surface area contributed by atoms with Crippen molar-refractivity contribution >= 4 is 46.4 Å². The molecule has 4 rings (SSSR count). The number of benzene rings is 3. The molecular weight excluding hydrogens is 447 g/mol. The molecule has 0 saturated carbocycles. The number of anilines is 2. The van der Waals surface area contributed by atoms with Crippen LogP contribution in [0.3, 0.4) is 0 Å². The predicted molar refractivity (Wildman–Crippen MR) is 128 cm³/mol. The summed E-state index contributed by atoms with van der Waals surface area (Å²) in [5, 5.41) is 14.0. The minimum absolute atomic E-state index is 0.234. The number of aliphatic hydroxyl groups excluding tert-OH is 1. The number of aryl methyl sites for hydroxylation is 1. The van der Waals surface area contributed by atoms with Gasteiger partial charge in [0.05, 0.1) is 16.7 Å². The van der Waals surface area contributed by atoms with Crippen molar-refractivity contribution in [2.45, 2.75) is 25.9 Å². The minimum Gasteiger partial charge on any atom is -0.388 e. The number of nitrogens with zero attached hydrogens (tertiary/aromatic N) is 1. The van der Waals surface area contributed by atoms with Crippen molar-refractivity contribution in [3.8, 4) is 0 Å². The summed E-state index contributed by atoms with van der Waals surface area (Å²) in [6.07, 6.45) is 0.492. The highest BCUT2D eigenvalue weighted by molar-refractivity contribution is 6.35. The Hall–Kier alpha value is -2.86. The summed E-state index contributed by atoms with van der Waals surface area (Å²) in [7, 11) is 0. The van der Waals surface area contributed by atoms with Crippen LogP contribution in [0.4, 0.5) is 11.4 Å². The van der Waals surface area contributed by atoms with Gasteiger partial charge >= 0.3 is 0 Å². The molecule has 5 nitrogen and oxygen atoms in total. The lowest BCUT2D eigenvalue weighted by atomic mass is 10.0. The van der Waals surface area contributed by atoms with Gasteiger partial charge in [0, 0.05) is 34.1 Å². The fraction of sp³-hybridized carbons (Fsp3) is 0.200. The normalized spacial score (nSPS) is 15.6. The molecular formula is C25H22Cl2N2O3. The Kier molecular flexibility index (Phi) is 6.51. The van der Waals surface area contributed by atoms with E-state index in [2.05, 4.69) is 5.32 Å². The molecule has 2 N–H and O–H groups in total. The van der Waals surface area contributed by atoms with Crippen molar-refractivity contribution in [2.24, 2.45) is 0 Å². The first-order valence-corrected chi connectivity index (χ1v) is 11.1. The number of hydrogen-bond acceptors (Lipinski definition) is 3. The molecule has 0 aromatic heterocycles. The second-order valence-electron chi connectivity index (χ2n) is 7.78. The van der Waals surface area contributed by atoms with E-state index in [-0.39, 0.29) is 16.8 Å². The summed E-state index contributed by atoms with van der Waals surface area (Å²) in [4.78, 5) is 27.6. The van der Waals surface area contributed by atoms with E-state index in [0.717, 1.165) is 5.56 Å². The molecule has 1 atom stereocenters. The molecule has 2 amide bonds. The van der Waals surface area contributed by atoms with E-state index in [1.54, 1.807) is 53.4 Å². The van der Waals surface area contributed by atoms with Crippen LogP contribution in [0.5, 0.6) is 0 Å². The average molecular weight is 469 g/mol. The fourth-order valence-electron chi connectivity index (χ4n) is 3.91. The Bertz CT molecular complexity index is 1200. The van der Waals surface area contributed by atoms with Gasteiger partial charge in [-0.25, -0.2) is 0 Å². The lowest BCUT2D eigenvalue weighted by Crippen LogP contribution is -2.32. The molecule has 1 aliphatic heterocycles. The molecule has 7 heteroatoms. The predicted octanol–water partition coefficient (Wildman–Crippen LogP) is 6.03. The number of hydrogen-bond donors (Lipinski definition) is 2. The molecule has 32 heavy (non-hydrogen) atoms. The molecule has 164 valence electrons. The number of aliphatic hydroxyl groups is 1. The van der Waals surface area contributed by atoms with Crippen molar-refractivity contribution in [2.75, 3.05) is 16.8 Å². The second-order valence-corrected chi connectivity index (χ2v) is 8.63. The third-order valence-corrected chi connectivity index (χ3v) is 6.14. The molecule has 0 bridgehead atoms. The molecule has 1 aliphatic rings. The summed E-state index contributed by atoms with van der Waals surface area (Å²) in [5.74, 6) is -0.519. The van der Waals surface area contributed by atoms with Crippen LogP contribution in [0.15, 0.2) is 60.7 Å². The average Bonchev–Trinajstić information content (AvgIpc) is 2.92. The largest absolute Gasteiger partial charge is 0.388 e. The number of rotatable bonds is 3. The monoisotopic (exact) mass is 468 g/mol. The standard InChI is InChI=1S/C25H22Cl2N2O3/c1-15-5-2-3-6-18(15)24(31)28-17-9-10-19(21(27)14-17)25(32)29-12-4-7-23(30)20-13-16(26)8-11-22(20)29/h2-3,5-6,8-11,13-14,23,30H,4,7,12H2,1H3,(H,28,31). The van der Waals surface area contributed by atoms with Gasteiger partial charge in [-0.15, -0.1) is 0 Å². The summed E-state index contributed by atoms with van der Waals surface area (Å²) in [5.41, 5.74) is 3.50. The Morgan fingerprint density at radius 3 is 2.56 bits per heavy atom. The third kappa shape index (κ3) is 4.51. The van der Waals surface area contributed by atoms with Crippen LogP contribution in [-0.2, 0) is 0 Å². The first kappa shape index (κ1) is 22.3. The van der Waals surface area contributed by atoms with Crippen molar-refractivity contribution in [1.82, 2.24) is 0 Å². The highest BCUT2D eigenvalue weighted by Crippen LogP contribution is 2.36. The quantitative estimate of drug-likeness (QED) is 0.492. The van der Waals surface area contributed by atoms with Gasteiger partial charge in [-0.1, -0.05) is 41.4 Å². The molecule has 3 aromatic carbocycles. The highest BCUT2D eigenvalue weighted by Gasteiger charge is 2.27. The first-order chi connectivity index (χ1) is 15.3. The Labute approximate surface area is 196 Å². The smallest absolute Gasteiger partial charge is 0.259 e. The van der Waals surface area contributed by atoms with E-state index < -0.39 is 6.10 Å². The maximum absolute atomic E-state index is 13.4. The number of carbonyl (C=O) groups excluding carboxylic acids is 2. The third-order valence-electron chi connectivity index (χ3n) is 5.59. The molecule has 0 radical (unpaired) electrons. The summed E-state index contributed by atoms with van der Waals surface area (Å²) >= 11 is 12.6. The first-order valence-electron chi connectivity index (χ1n) is 10.3. The zero-order valence-corrected chi connectivity index (χ0v) is 19.0. The second kappa shape index (κ2) is 9.33. The highest BCUT2D eigenvalue weighted by atomic mass is 35.5. The summed E-state index contributed by atoms with van der Waals surface area (Å²) < 4.78 is 0. The Morgan fingerprint density at radius 1 is 1.03 bits per heavy atom. The number of amides is 2. The van der Waals surface area contributed by atoms with E-state index in [1.165, 1.54) is 0 Å². The van der Waals surface area contributed by atoms with Crippen LogP contribution in [0.25, 0.3) is 0 Å².